The standard InChI is InChI=1S/C11H20N2OS/c1-11(2,4-3-5-14)8-12-6-10-7-13-9-15-10/h7,9,12,14H,3-6,8H2,1-2H3. The minimum atomic E-state index is 0.257. The third kappa shape index (κ3) is 5.25. The molecule has 0 aliphatic carbocycles. The fourth-order valence-corrected chi connectivity index (χ4v) is 2.06. The van der Waals surface area contributed by atoms with Gasteiger partial charge in [-0.25, -0.2) is 0 Å². The van der Waals surface area contributed by atoms with Gasteiger partial charge in [-0.3, -0.25) is 4.98 Å². The summed E-state index contributed by atoms with van der Waals surface area (Å²) in [5.41, 5.74) is 2.11. The Hall–Kier alpha value is -0.450. The Morgan fingerprint density at radius 1 is 1.53 bits per heavy atom. The molecule has 0 atom stereocenters. The van der Waals surface area contributed by atoms with Gasteiger partial charge in [-0.15, -0.1) is 11.3 Å². The molecule has 86 valence electrons. The van der Waals surface area contributed by atoms with Crippen LogP contribution in [-0.2, 0) is 6.54 Å². The molecular weight excluding hydrogens is 208 g/mol. The maximum atomic E-state index is 8.78. The van der Waals surface area contributed by atoms with Crippen LogP contribution in [0.1, 0.15) is 31.6 Å². The third-order valence-corrected chi connectivity index (χ3v) is 3.18. The molecule has 15 heavy (non-hydrogen) atoms. The summed E-state index contributed by atoms with van der Waals surface area (Å²) in [4.78, 5) is 5.30. The first kappa shape index (κ1) is 12.6. The van der Waals surface area contributed by atoms with Crippen molar-refractivity contribution >= 4 is 11.3 Å². The lowest BCUT2D eigenvalue weighted by molar-refractivity contribution is 0.236. The Labute approximate surface area is 95.6 Å². The fourth-order valence-electron chi connectivity index (χ4n) is 1.50. The predicted molar refractivity (Wildman–Crippen MR) is 63.9 cm³/mol. The van der Waals surface area contributed by atoms with Crippen molar-refractivity contribution in [1.82, 2.24) is 10.3 Å². The molecule has 1 heterocycles. The highest BCUT2D eigenvalue weighted by Gasteiger charge is 2.16. The first-order chi connectivity index (χ1) is 7.14. The van der Waals surface area contributed by atoms with Crippen LogP contribution in [0.15, 0.2) is 11.7 Å². The Morgan fingerprint density at radius 2 is 2.33 bits per heavy atom. The number of nitrogens with one attached hydrogen (secondary N) is 1. The van der Waals surface area contributed by atoms with E-state index in [9.17, 15) is 0 Å². The van der Waals surface area contributed by atoms with Crippen molar-refractivity contribution in [3.8, 4) is 0 Å². The van der Waals surface area contributed by atoms with Crippen molar-refractivity contribution in [3.63, 3.8) is 0 Å². The SMILES string of the molecule is CC(C)(CCCO)CNCc1cncs1. The normalized spacial score (nSPS) is 11.9. The molecule has 0 saturated carbocycles. The molecule has 4 heteroatoms. The Kier molecular flexibility index (Phi) is 5.22. The number of nitrogens with zero attached hydrogens (tertiary/aromatic N) is 1. The molecule has 0 spiro atoms. The summed E-state index contributed by atoms with van der Waals surface area (Å²) < 4.78 is 0. The fraction of sp³-hybridized carbons (Fsp3) is 0.727. The van der Waals surface area contributed by atoms with Gasteiger partial charge in [0.25, 0.3) is 0 Å². The van der Waals surface area contributed by atoms with E-state index in [2.05, 4.69) is 24.1 Å². The second kappa shape index (κ2) is 6.20. The van der Waals surface area contributed by atoms with E-state index in [1.165, 1.54) is 4.88 Å². The molecule has 0 radical (unpaired) electrons. The molecular formula is C11H20N2OS. The average Bonchev–Trinajstić information content (AvgIpc) is 2.67. The van der Waals surface area contributed by atoms with E-state index in [-0.39, 0.29) is 12.0 Å². The highest BCUT2D eigenvalue weighted by atomic mass is 32.1. The third-order valence-electron chi connectivity index (χ3n) is 2.40. The van der Waals surface area contributed by atoms with Crippen molar-refractivity contribution in [2.24, 2.45) is 5.41 Å². The lowest BCUT2D eigenvalue weighted by atomic mass is 9.88. The van der Waals surface area contributed by atoms with Crippen molar-refractivity contribution in [2.75, 3.05) is 13.2 Å². The summed E-state index contributed by atoms with van der Waals surface area (Å²) in [5, 5.41) is 12.2. The molecule has 0 aromatic carbocycles. The van der Waals surface area contributed by atoms with E-state index in [1.54, 1.807) is 11.3 Å². The maximum absolute atomic E-state index is 8.78. The quantitative estimate of drug-likeness (QED) is 0.750. The van der Waals surface area contributed by atoms with Gasteiger partial charge >= 0.3 is 0 Å². The zero-order chi connectivity index (χ0) is 11.1. The van der Waals surface area contributed by atoms with Crippen LogP contribution in [0.3, 0.4) is 0 Å². The molecule has 3 nitrogen and oxygen atoms in total. The van der Waals surface area contributed by atoms with Gasteiger partial charge in [0, 0.05) is 30.8 Å². The molecule has 0 unspecified atom stereocenters. The number of hydrogen-bond acceptors (Lipinski definition) is 4. The molecule has 0 amide bonds. The summed E-state index contributed by atoms with van der Waals surface area (Å²) >= 11 is 1.68. The van der Waals surface area contributed by atoms with Gasteiger partial charge in [0.15, 0.2) is 0 Å². The smallest absolute Gasteiger partial charge is 0.0794 e. The van der Waals surface area contributed by atoms with E-state index in [0.29, 0.717) is 0 Å². The average molecular weight is 228 g/mol. The van der Waals surface area contributed by atoms with E-state index in [0.717, 1.165) is 25.9 Å². The van der Waals surface area contributed by atoms with Crippen LogP contribution in [0.5, 0.6) is 0 Å². The number of hydrogen-bond donors (Lipinski definition) is 2. The summed E-state index contributed by atoms with van der Waals surface area (Å²) in [6.45, 7) is 6.61. The molecule has 0 bridgehead atoms. The van der Waals surface area contributed by atoms with Crippen LogP contribution in [0, 0.1) is 5.41 Å². The Morgan fingerprint density at radius 3 is 2.93 bits per heavy atom. The molecule has 0 fully saturated rings. The lowest BCUT2D eigenvalue weighted by Crippen LogP contribution is -2.29. The molecule has 1 aromatic heterocycles. The highest BCUT2D eigenvalue weighted by molar-refractivity contribution is 7.09. The summed E-state index contributed by atoms with van der Waals surface area (Å²) in [6.07, 6.45) is 3.84. The molecule has 2 N–H and O–H groups in total. The van der Waals surface area contributed by atoms with Gasteiger partial charge in [-0.1, -0.05) is 13.8 Å². The van der Waals surface area contributed by atoms with E-state index in [4.69, 9.17) is 5.11 Å². The van der Waals surface area contributed by atoms with E-state index in [1.807, 2.05) is 11.7 Å². The molecule has 0 aliphatic heterocycles. The van der Waals surface area contributed by atoms with Crippen molar-refractivity contribution in [2.45, 2.75) is 33.2 Å². The van der Waals surface area contributed by atoms with E-state index < -0.39 is 0 Å². The predicted octanol–water partition coefficient (Wildman–Crippen LogP) is 2.03. The zero-order valence-electron chi connectivity index (χ0n) is 9.49. The number of aliphatic hydroxyl groups excluding tert-OH is 1. The second-order valence-electron chi connectivity index (χ2n) is 4.56. The monoisotopic (exact) mass is 228 g/mol. The number of rotatable bonds is 7. The number of aliphatic hydroxyl groups is 1. The maximum Gasteiger partial charge on any atom is 0.0794 e. The van der Waals surface area contributed by atoms with Crippen LogP contribution < -0.4 is 5.32 Å². The topological polar surface area (TPSA) is 45.1 Å². The second-order valence-corrected chi connectivity index (χ2v) is 5.53. The summed E-state index contributed by atoms with van der Waals surface area (Å²) in [5.74, 6) is 0. The first-order valence-electron chi connectivity index (χ1n) is 5.33. The Balaban J connectivity index is 2.18. The van der Waals surface area contributed by atoms with E-state index >= 15 is 0 Å². The summed E-state index contributed by atoms with van der Waals surface area (Å²) in [6, 6.07) is 0. The zero-order valence-corrected chi connectivity index (χ0v) is 10.3. The van der Waals surface area contributed by atoms with Crippen LogP contribution >= 0.6 is 11.3 Å². The number of thiazole rings is 1. The molecule has 1 rings (SSSR count). The molecule has 1 aromatic rings. The summed E-state index contributed by atoms with van der Waals surface area (Å²) in [7, 11) is 0. The number of aromatic nitrogens is 1. The Bertz CT molecular complexity index is 260. The van der Waals surface area contributed by atoms with Crippen LogP contribution in [0.2, 0.25) is 0 Å². The van der Waals surface area contributed by atoms with Crippen LogP contribution in [0.25, 0.3) is 0 Å². The van der Waals surface area contributed by atoms with Gasteiger partial charge in [0.1, 0.15) is 0 Å². The minimum absolute atomic E-state index is 0.257. The molecule has 0 aliphatic rings. The van der Waals surface area contributed by atoms with Gasteiger partial charge in [-0.2, -0.15) is 0 Å². The largest absolute Gasteiger partial charge is 0.396 e. The van der Waals surface area contributed by atoms with Crippen LogP contribution in [0.4, 0.5) is 0 Å². The molecule has 0 saturated heterocycles. The van der Waals surface area contributed by atoms with Gasteiger partial charge in [0.2, 0.25) is 0 Å². The minimum Gasteiger partial charge on any atom is -0.396 e. The first-order valence-corrected chi connectivity index (χ1v) is 6.21. The lowest BCUT2D eigenvalue weighted by Gasteiger charge is -2.24. The van der Waals surface area contributed by atoms with Crippen molar-refractivity contribution < 1.29 is 5.11 Å². The highest BCUT2D eigenvalue weighted by Crippen LogP contribution is 2.21. The van der Waals surface area contributed by atoms with Gasteiger partial charge in [-0.05, 0) is 18.3 Å². The van der Waals surface area contributed by atoms with Gasteiger partial charge < -0.3 is 10.4 Å². The van der Waals surface area contributed by atoms with Crippen molar-refractivity contribution in [3.05, 3.63) is 16.6 Å². The van der Waals surface area contributed by atoms with Gasteiger partial charge in [0.05, 0.1) is 5.51 Å². The van der Waals surface area contributed by atoms with Crippen LogP contribution in [-0.4, -0.2) is 23.2 Å². The van der Waals surface area contributed by atoms with Crippen molar-refractivity contribution in [1.29, 1.82) is 0 Å².